The van der Waals surface area contributed by atoms with Crippen LogP contribution in [0.2, 0.25) is 0 Å². The van der Waals surface area contributed by atoms with Crippen molar-refractivity contribution in [2.45, 2.75) is 38.1 Å². The summed E-state index contributed by atoms with van der Waals surface area (Å²) in [6.07, 6.45) is 9.39. The SMILES string of the molecule is O=C(O)c1ccc(-c2ccnc(NC3CCCCC3)c2)nc1. The lowest BCUT2D eigenvalue weighted by molar-refractivity contribution is 0.0696. The number of nitrogens with zero attached hydrogens (tertiary/aromatic N) is 2. The minimum absolute atomic E-state index is 0.193. The van der Waals surface area contributed by atoms with Gasteiger partial charge in [0.25, 0.3) is 0 Å². The average molecular weight is 297 g/mol. The van der Waals surface area contributed by atoms with Gasteiger partial charge in [-0.25, -0.2) is 9.78 Å². The maximum Gasteiger partial charge on any atom is 0.337 e. The summed E-state index contributed by atoms with van der Waals surface area (Å²) in [4.78, 5) is 19.5. The zero-order valence-electron chi connectivity index (χ0n) is 12.3. The number of anilines is 1. The van der Waals surface area contributed by atoms with E-state index in [2.05, 4.69) is 15.3 Å². The molecule has 114 valence electrons. The van der Waals surface area contributed by atoms with E-state index in [1.165, 1.54) is 38.3 Å². The lowest BCUT2D eigenvalue weighted by Gasteiger charge is -2.23. The predicted octanol–water partition coefficient (Wildman–Crippen LogP) is 3.59. The summed E-state index contributed by atoms with van der Waals surface area (Å²) < 4.78 is 0. The van der Waals surface area contributed by atoms with Gasteiger partial charge >= 0.3 is 5.97 Å². The molecule has 0 bridgehead atoms. The van der Waals surface area contributed by atoms with Crippen LogP contribution in [0.25, 0.3) is 11.3 Å². The Hall–Kier alpha value is -2.43. The van der Waals surface area contributed by atoms with Crippen molar-refractivity contribution in [1.82, 2.24) is 9.97 Å². The lowest BCUT2D eigenvalue weighted by Crippen LogP contribution is -2.22. The smallest absolute Gasteiger partial charge is 0.337 e. The minimum atomic E-state index is -0.964. The zero-order chi connectivity index (χ0) is 15.4. The molecule has 1 saturated carbocycles. The van der Waals surface area contributed by atoms with E-state index in [-0.39, 0.29) is 5.56 Å². The molecule has 0 amide bonds. The summed E-state index contributed by atoms with van der Waals surface area (Å²) in [5, 5.41) is 12.4. The third-order valence-electron chi connectivity index (χ3n) is 4.02. The first-order chi connectivity index (χ1) is 10.7. The Balaban J connectivity index is 1.76. The van der Waals surface area contributed by atoms with Crippen LogP contribution in [0.15, 0.2) is 36.7 Å². The summed E-state index contributed by atoms with van der Waals surface area (Å²) in [5.41, 5.74) is 1.88. The number of aromatic nitrogens is 2. The number of hydrogen-bond donors (Lipinski definition) is 2. The summed E-state index contributed by atoms with van der Waals surface area (Å²) in [7, 11) is 0. The van der Waals surface area contributed by atoms with Gasteiger partial charge in [0.05, 0.1) is 11.3 Å². The van der Waals surface area contributed by atoms with Gasteiger partial charge in [-0.3, -0.25) is 4.98 Å². The van der Waals surface area contributed by atoms with E-state index in [0.29, 0.717) is 6.04 Å². The van der Waals surface area contributed by atoms with Crippen LogP contribution in [0.5, 0.6) is 0 Å². The van der Waals surface area contributed by atoms with Gasteiger partial charge in [0, 0.05) is 24.0 Å². The van der Waals surface area contributed by atoms with Crippen molar-refractivity contribution >= 4 is 11.8 Å². The van der Waals surface area contributed by atoms with Crippen molar-refractivity contribution in [2.75, 3.05) is 5.32 Å². The van der Waals surface area contributed by atoms with Crippen molar-refractivity contribution in [1.29, 1.82) is 0 Å². The minimum Gasteiger partial charge on any atom is -0.478 e. The zero-order valence-corrected chi connectivity index (χ0v) is 12.3. The molecule has 2 aromatic heterocycles. The molecule has 5 heteroatoms. The van der Waals surface area contributed by atoms with Crippen LogP contribution in [0.4, 0.5) is 5.82 Å². The van der Waals surface area contributed by atoms with Gasteiger partial charge in [-0.05, 0) is 37.1 Å². The van der Waals surface area contributed by atoms with Crippen LogP contribution in [0, 0.1) is 0 Å². The third kappa shape index (κ3) is 3.42. The molecule has 0 aliphatic heterocycles. The van der Waals surface area contributed by atoms with Crippen LogP contribution in [-0.4, -0.2) is 27.1 Å². The topological polar surface area (TPSA) is 75.1 Å². The molecule has 2 N–H and O–H groups in total. The van der Waals surface area contributed by atoms with E-state index in [9.17, 15) is 4.79 Å². The molecule has 22 heavy (non-hydrogen) atoms. The normalized spacial score (nSPS) is 15.5. The summed E-state index contributed by atoms with van der Waals surface area (Å²) in [5.74, 6) is -0.109. The standard InChI is InChI=1S/C17H19N3O2/c21-17(22)13-6-7-15(19-11-13)12-8-9-18-16(10-12)20-14-4-2-1-3-5-14/h6-11,14H,1-5H2,(H,18,20)(H,21,22). The molecule has 0 aromatic carbocycles. The molecule has 1 aliphatic rings. The molecule has 0 saturated heterocycles. The quantitative estimate of drug-likeness (QED) is 0.902. The number of carboxylic acids is 1. The van der Waals surface area contributed by atoms with Gasteiger partial charge < -0.3 is 10.4 Å². The summed E-state index contributed by atoms with van der Waals surface area (Å²) >= 11 is 0. The van der Waals surface area contributed by atoms with Crippen LogP contribution in [0.3, 0.4) is 0 Å². The monoisotopic (exact) mass is 297 g/mol. The van der Waals surface area contributed by atoms with Crippen LogP contribution in [0.1, 0.15) is 42.5 Å². The number of nitrogens with one attached hydrogen (secondary N) is 1. The molecular formula is C17H19N3O2. The molecule has 3 rings (SSSR count). The number of hydrogen-bond acceptors (Lipinski definition) is 4. The van der Waals surface area contributed by atoms with E-state index in [0.717, 1.165) is 17.1 Å². The highest BCUT2D eigenvalue weighted by molar-refractivity contribution is 5.87. The molecule has 5 nitrogen and oxygen atoms in total. The van der Waals surface area contributed by atoms with Crippen molar-refractivity contribution in [2.24, 2.45) is 0 Å². The molecule has 0 atom stereocenters. The second kappa shape index (κ2) is 6.56. The van der Waals surface area contributed by atoms with Crippen molar-refractivity contribution in [3.8, 4) is 11.3 Å². The highest BCUT2D eigenvalue weighted by atomic mass is 16.4. The second-order valence-electron chi connectivity index (χ2n) is 5.65. The Bertz CT molecular complexity index is 649. The van der Waals surface area contributed by atoms with E-state index in [1.807, 2.05) is 12.1 Å². The molecule has 1 aliphatic carbocycles. The average Bonchev–Trinajstić information content (AvgIpc) is 2.56. The number of carbonyl (C=O) groups is 1. The van der Waals surface area contributed by atoms with E-state index >= 15 is 0 Å². The van der Waals surface area contributed by atoms with Crippen molar-refractivity contribution in [3.63, 3.8) is 0 Å². The number of pyridine rings is 2. The Morgan fingerprint density at radius 1 is 1.14 bits per heavy atom. The van der Waals surface area contributed by atoms with Gasteiger partial charge in [0.1, 0.15) is 5.82 Å². The Morgan fingerprint density at radius 2 is 1.95 bits per heavy atom. The maximum atomic E-state index is 10.9. The fourth-order valence-corrected chi connectivity index (χ4v) is 2.82. The first-order valence-corrected chi connectivity index (χ1v) is 7.65. The Kier molecular flexibility index (Phi) is 4.32. The molecule has 2 aromatic rings. The molecule has 0 spiro atoms. The van der Waals surface area contributed by atoms with Gasteiger partial charge in [0.2, 0.25) is 0 Å². The maximum absolute atomic E-state index is 10.9. The number of rotatable bonds is 4. The highest BCUT2D eigenvalue weighted by Crippen LogP contribution is 2.23. The van der Waals surface area contributed by atoms with Gasteiger partial charge in [-0.15, -0.1) is 0 Å². The third-order valence-corrected chi connectivity index (χ3v) is 4.02. The first-order valence-electron chi connectivity index (χ1n) is 7.65. The van der Waals surface area contributed by atoms with E-state index in [1.54, 1.807) is 18.3 Å². The van der Waals surface area contributed by atoms with Crippen LogP contribution >= 0.6 is 0 Å². The van der Waals surface area contributed by atoms with Crippen LogP contribution < -0.4 is 5.32 Å². The van der Waals surface area contributed by atoms with Crippen molar-refractivity contribution in [3.05, 3.63) is 42.2 Å². The number of aromatic carboxylic acids is 1. The molecule has 0 unspecified atom stereocenters. The second-order valence-corrected chi connectivity index (χ2v) is 5.65. The summed E-state index contributed by atoms with van der Waals surface area (Å²) in [6, 6.07) is 7.65. The molecule has 0 radical (unpaired) electrons. The van der Waals surface area contributed by atoms with Gasteiger partial charge in [0.15, 0.2) is 0 Å². The predicted molar refractivity (Wildman–Crippen MR) is 84.9 cm³/mol. The Morgan fingerprint density at radius 3 is 2.64 bits per heavy atom. The largest absolute Gasteiger partial charge is 0.478 e. The first kappa shape index (κ1) is 14.5. The van der Waals surface area contributed by atoms with Crippen molar-refractivity contribution < 1.29 is 9.90 Å². The Labute approximate surface area is 129 Å². The van der Waals surface area contributed by atoms with E-state index < -0.39 is 5.97 Å². The van der Waals surface area contributed by atoms with E-state index in [4.69, 9.17) is 5.11 Å². The summed E-state index contributed by atoms with van der Waals surface area (Å²) in [6.45, 7) is 0. The molecular weight excluding hydrogens is 278 g/mol. The fraction of sp³-hybridized carbons (Fsp3) is 0.353. The molecule has 1 fully saturated rings. The molecule has 2 heterocycles. The number of carboxylic acid groups (broad SMARTS) is 1. The van der Waals surface area contributed by atoms with Crippen LogP contribution in [-0.2, 0) is 0 Å². The fourth-order valence-electron chi connectivity index (χ4n) is 2.82. The lowest BCUT2D eigenvalue weighted by atomic mass is 9.95. The highest BCUT2D eigenvalue weighted by Gasteiger charge is 2.13. The van der Waals surface area contributed by atoms with Gasteiger partial charge in [-0.1, -0.05) is 19.3 Å². The van der Waals surface area contributed by atoms with Gasteiger partial charge in [-0.2, -0.15) is 0 Å².